The summed E-state index contributed by atoms with van der Waals surface area (Å²) in [5.74, 6) is 0. The minimum Gasteiger partial charge on any atom is -0.225 e. The van der Waals surface area contributed by atoms with Crippen molar-refractivity contribution in [2.24, 2.45) is 0 Å². The molecule has 0 aliphatic heterocycles. The minimum absolute atomic E-state index is 0.129. The van der Waals surface area contributed by atoms with E-state index in [1.165, 1.54) is 12.1 Å². The van der Waals surface area contributed by atoms with E-state index in [0.29, 0.717) is 0 Å². The Bertz CT molecular complexity index is 216. The number of hydrogen-bond acceptors (Lipinski definition) is 0. The molecule has 0 saturated heterocycles. The van der Waals surface area contributed by atoms with Gasteiger partial charge in [0.15, 0.2) is 5.63 Å². The second-order valence-corrected chi connectivity index (χ2v) is 2.65. The molecule has 66 valence electrons. The maximum atomic E-state index is 12.3. The lowest BCUT2D eigenvalue weighted by molar-refractivity contribution is 0.151. The first-order valence-electron chi connectivity index (χ1n) is 3.27. The molecule has 4 heteroatoms. The van der Waals surface area contributed by atoms with Crippen molar-refractivity contribution in [3.63, 3.8) is 0 Å². The van der Waals surface area contributed by atoms with Crippen molar-refractivity contribution in [2.75, 3.05) is 0 Å². The van der Waals surface area contributed by atoms with Crippen LogP contribution in [-0.4, -0.2) is 0 Å². The van der Waals surface area contributed by atoms with Crippen LogP contribution < -0.4 is 0 Å². The van der Waals surface area contributed by atoms with Crippen LogP contribution in [0.25, 0.3) is 0 Å². The molecule has 0 heterocycles. The van der Waals surface area contributed by atoms with E-state index in [9.17, 15) is 13.2 Å². The van der Waals surface area contributed by atoms with Gasteiger partial charge in [-0.3, -0.25) is 0 Å². The Morgan fingerprint density at radius 3 is 1.67 bits per heavy atom. The molecule has 1 atom stereocenters. The Morgan fingerprint density at radius 2 is 1.33 bits per heavy atom. The average molecular weight is 195 g/mol. The number of alkyl halides is 4. The van der Waals surface area contributed by atoms with Crippen LogP contribution in [0.3, 0.4) is 0 Å². The lowest BCUT2D eigenvalue weighted by Gasteiger charge is -2.02. The summed E-state index contributed by atoms with van der Waals surface area (Å²) in [5.41, 5.74) is -1.56. The Balaban J connectivity index is 2.86. The lowest BCUT2D eigenvalue weighted by Crippen LogP contribution is -1.86. The highest BCUT2D eigenvalue weighted by molar-refractivity contribution is 6.19. The van der Waals surface area contributed by atoms with Gasteiger partial charge in [0.25, 0.3) is 6.43 Å². The Hall–Kier alpha value is -0.700. The Morgan fingerprint density at radius 1 is 0.917 bits per heavy atom. The van der Waals surface area contributed by atoms with Crippen LogP contribution >= 0.6 is 11.6 Å². The summed E-state index contributed by atoms with van der Waals surface area (Å²) in [7, 11) is 0. The van der Waals surface area contributed by atoms with Crippen molar-refractivity contribution in [2.45, 2.75) is 12.1 Å². The molecule has 0 aromatic heterocycles. The standard InChI is InChI=1S/C8H6ClF3/c9-7(10)5-1-3-6(4-2-5)8(11)12/h1-4,7-8H. The highest BCUT2D eigenvalue weighted by atomic mass is 35.5. The second kappa shape index (κ2) is 3.81. The fourth-order valence-electron chi connectivity index (χ4n) is 0.787. The Kier molecular flexibility index (Phi) is 2.98. The summed E-state index contributed by atoms with van der Waals surface area (Å²) in [6.07, 6.45) is -2.52. The Labute approximate surface area is 73.0 Å². The molecule has 0 radical (unpaired) electrons. The van der Waals surface area contributed by atoms with Gasteiger partial charge in [-0.1, -0.05) is 35.9 Å². The monoisotopic (exact) mass is 194 g/mol. The topological polar surface area (TPSA) is 0 Å². The maximum absolute atomic E-state index is 12.3. The number of hydrogen-bond donors (Lipinski definition) is 0. The molecule has 0 spiro atoms. The average Bonchev–Trinajstić information content (AvgIpc) is 2.04. The summed E-state index contributed by atoms with van der Waals surface area (Å²) in [5, 5.41) is 0. The maximum Gasteiger partial charge on any atom is 0.263 e. The number of rotatable bonds is 2. The fourth-order valence-corrected chi connectivity index (χ4v) is 0.932. The third-order valence-corrected chi connectivity index (χ3v) is 1.69. The van der Waals surface area contributed by atoms with E-state index in [2.05, 4.69) is 0 Å². The second-order valence-electron chi connectivity index (χ2n) is 2.27. The van der Waals surface area contributed by atoms with E-state index >= 15 is 0 Å². The summed E-state index contributed by atoms with van der Waals surface area (Å²) in [4.78, 5) is 0. The van der Waals surface area contributed by atoms with Crippen molar-refractivity contribution in [1.29, 1.82) is 0 Å². The molecular weight excluding hydrogens is 189 g/mol. The summed E-state index contributed by atoms with van der Waals surface area (Å²) < 4.78 is 36.3. The van der Waals surface area contributed by atoms with Gasteiger partial charge in [-0.2, -0.15) is 0 Å². The molecule has 1 aromatic rings. The number of halogens is 4. The quantitative estimate of drug-likeness (QED) is 0.628. The van der Waals surface area contributed by atoms with Crippen LogP contribution in [0.15, 0.2) is 24.3 Å². The van der Waals surface area contributed by atoms with Gasteiger partial charge in [-0.25, -0.2) is 13.2 Å². The SMILES string of the molecule is FC(F)c1ccc(C(F)Cl)cc1. The van der Waals surface area contributed by atoms with Gasteiger partial charge >= 0.3 is 0 Å². The van der Waals surface area contributed by atoms with Crippen molar-refractivity contribution in [3.8, 4) is 0 Å². The molecule has 0 nitrogen and oxygen atoms in total. The van der Waals surface area contributed by atoms with Crippen molar-refractivity contribution < 1.29 is 13.2 Å². The molecule has 0 amide bonds. The van der Waals surface area contributed by atoms with Crippen molar-refractivity contribution >= 4 is 11.6 Å². The van der Waals surface area contributed by atoms with Gasteiger partial charge in [-0.15, -0.1) is 0 Å². The van der Waals surface area contributed by atoms with E-state index in [-0.39, 0.29) is 11.1 Å². The van der Waals surface area contributed by atoms with Gasteiger partial charge < -0.3 is 0 Å². The first-order valence-corrected chi connectivity index (χ1v) is 3.71. The molecule has 0 aliphatic carbocycles. The zero-order valence-corrected chi connectivity index (χ0v) is 6.73. The van der Waals surface area contributed by atoms with E-state index in [0.717, 1.165) is 12.1 Å². The summed E-state index contributed by atoms with van der Waals surface area (Å²) in [6, 6.07) is 4.82. The molecule has 1 aromatic carbocycles. The van der Waals surface area contributed by atoms with E-state index in [4.69, 9.17) is 11.6 Å². The van der Waals surface area contributed by atoms with Crippen molar-refractivity contribution in [1.82, 2.24) is 0 Å². The molecule has 1 rings (SSSR count). The highest BCUT2D eigenvalue weighted by Crippen LogP contribution is 2.24. The van der Waals surface area contributed by atoms with Crippen molar-refractivity contribution in [3.05, 3.63) is 35.4 Å². The van der Waals surface area contributed by atoms with Crippen LogP contribution in [-0.2, 0) is 0 Å². The minimum atomic E-state index is -2.52. The fraction of sp³-hybridized carbons (Fsp3) is 0.250. The third-order valence-electron chi connectivity index (χ3n) is 1.44. The molecule has 0 saturated carbocycles. The predicted octanol–water partition coefficient (Wildman–Crippen LogP) is 3.83. The molecule has 0 bridgehead atoms. The summed E-state index contributed by atoms with van der Waals surface area (Å²) >= 11 is 5.08. The van der Waals surface area contributed by atoms with Crippen LogP contribution in [0.1, 0.15) is 23.2 Å². The lowest BCUT2D eigenvalue weighted by atomic mass is 10.1. The van der Waals surface area contributed by atoms with Crippen LogP contribution in [0, 0.1) is 0 Å². The zero-order valence-electron chi connectivity index (χ0n) is 5.98. The van der Waals surface area contributed by atoms with Gasteiger partial charge in [0.1, 0.15) is 0 Å². The summed E-state index contributed by atoms with van der Waals surface area (Å²) in [6.45, 7) is 0. The molecule has 1 unspecified atom stereocenters. The predicted molar refractivity (Wildman–Crippen MR) is 41.1 cm³/mol. The molecular formula is C8H6ClF3. The highest BCUT2D eigenvalue weighted by Gasteiger charge is 2.08. The molecule has 12 heavy (non-hydrogen) atoms. The van der Waals surface area contributed by atoms with E-state index in [1.54, 1.807) is 0 Å². The van der Waals surface area contributed by atoms with Gasteiger partial charge in [0.05, 0.1) is 0 Å². The molecule has 0 aliphatic rings. The largest absolute Gasteiger partial charge is 0.263 e. The number of benzene rings is 1. The van der Waals surface area contributed by atoms with E-state index < -0.39 is 12.1 Å². The van der Waals surface area contributed by atoms with Crippen LogP contribution in [0.5, 0.6) is 0 Å². The van der Waals surface area contributed by atoms with Gasteiger partial charge in [-0.05, 0) is 0 Å². The normalized spacial score (nSPS) is 13.4. The first-order chi connectivity index (χ1) is 5.61. The van der Waals surface area contributed by atoms with E-state index in [1.807, 2.05) is 0 Å². The van der Waals surface area contributed by atoms with Crippen LogP contribution in [0.4, 0.5) is 13.2 Å². The van der Waals surface area contributed by atoms with Gasteiger partial charge in [0, 0.05) is 11.1 Å². The smallest absolute Gasteiger partial charge is 0.225 e. The van der Waals surface area contributed by atoms with Gasteiger partial charge in [0.2, 0.25) is 0 Å². The molecule has 0 fully saturated rings. The zero-order chi connectivity index (χ0) is 9.14. The third kappa shape index (κ3) is 2.14. The van der Waals surface area contributed by atoms with Crippen LogP contribution in [0.2, 0.25) is 0 Å². The molecule has 0 N–H and O–H groups in total. The first kappa shape index (κ1) is 9.39.